The summed E-state index contributed by atoms with van der Waals surface area (Å²) in [5, 5.41) is 8.71. The van der Waals surface area contributed by atoms with Crippen molar-refractivity contribution < 1.29 is 14.7 Å². The molecule has 19 heavy (non-hydrogen) atoms. The molecule has 0 heterocycles. The molecule has 0 spiro atoms. The summed E-state index contributed by atoms with van der Waals surface area (Å²) in [6, 6.07) is -0.0225. The van der Waals surface area contributed by atoms with Crippen molar-refractivity contribution in [1.29, 1.82) is 0 Å². The molecule has 0 aliphatic heterocycles. The van der Waals surface area contributed by atoms with Gasteiger partial charge in [-0.3, -0.25) is 4.79 Å². The Morgan fingerprint density at radius 2 is 1.42 bits per heavy atom. The molecular weight excluding hydrogens is 244 g/mol. The monoisotopic (exact) mass is 272 g/mol. The second-order valence-corrected chi connectivity index (χ2v) is 4.70. The summed E-state index contributed by atoms with van der Waals surface area (Å²) in [4.78, 5) is 26.4. The molecule has 0 unspecified atom stereocenters. The summed E-state index contributed by atoms with van der Waals surface area (Å²) in [5.74, 6) is -0.861. The Hall–Kier alpha value is -1.26. The Morgan fingerprint density at radius 1 is 0.895 bits per heavy atom. The van der Waals surface area contributed by atoms with Crippen LogP contribution in [-0.2, 0) is 4.79 Å². The number of hydrogen-bond donors (Lipinski definition) is 1. The van der Waals surface area contributed by atoms with Gasteiger partial charge in [0.15, 0.2) is 0 Å². The third-order valence-corrected chi connectivity index (χ3v) is 3.08. The topological polar surface area (TPSA) is 60.9 Å². The molecule has 0 fully saturated rings. The number of carboxylic acid groups (broad SMARTS) is 1. The standard InChI is InChI=1S/C14H28N2O3/c1-4-7-10-16(11-8-5-2)14(19)15(6-3)12-9-13(17)18/h4-12H2,1-3H3,(H,17,18). The SMILES string of the molecule is CCCCN(CCCC)C(=O)N(CC)CCC(=O)O. The van der Waals surface area contributed by atoms with Gasteiger partial charge in [0.25, 0.3) is 0 Å². The smallest absolute Gasteiger partial charge is 0.320 e. The molecule has 2 amide bonds. The second kappa shape index (κ2) is 10.6. The lowest BCUT2D eigenvalue weighted by atomic mass is 10.2. The fourth-order valence-corrected chi connectivity index (χ4v) is 1.82. The van der Waals surface area contributed by atoms with Gasteiger partial charge in [0.05, 0.1) is 6.42 Å². The fraction of sp³-hybridized carbons (Fsp3) is 0.857. The molecule has 0 aliphatic carbocycles. The minimum atomic E-state index is -0.861. The molecule has 0 saturated carbocycles. The first kappa shape index (κ1) is 17.7. The maximum absolute atomic E-state index is 12.4. The van der Waals surface area contributed by atoms with Crippen molar-refractivity contribution in [2.24, 2.45) is 0 Å². The maximum Gasteiger partial charge on any atom is 0.320 e. The Morgan fingerprint density at radius 3 is 1.79 bits per heavy atom. The van der Waals surface area contributed by atoms with E-state index in [0.717, 1.165) is 38.8 Å². The first-order valence-corrected chi connectivity index (χ1v) is 7.32. The van der Waals surface area contributed by atoms with Crippen molar-refractivity contribution in [3.05, 3.63) is 0 Å². The summed E-state index contributed by atoms with van der Waals surface area (Å²) in [6.45, 7) is 8.46. The molecule has 5 nitrogen and oxygen atoms in total. The minimum Gasteiger partial charge on any atom is -0.481 e. The number of hydrogen-bond acceptors (Lipinski definition) is 2. The zero-order valence-electron chi connectivity index (χ0n) is 12.5. The molecule has 0 aromatic rings. The Balaban J connectivity index is 4.47. The van der Waals surface area contributed by atoms with Crippen molar-refractivity contribution in [2.45, 2.75) is 52.9 Å². The number of carboxylic acids is 1. The van der Waals surface area contributed by atoms with Crippen LogP contribution in [0.3, 0.4) is 0 Å². The lowest BCUT2D eigenvalue weighted by Crippen LogP contribution is -2.44. The largest absolute Gasteiger partial charge is 0.481 e. The number of carbonyl (C=O) groups excluding carboxylic acids is 1. The van der Waals surface area contributed by atoms with Crippen LogP contribution in [0.1, 0.15) is 52.9 Å². The van der Waals surface area contributed by atoms with Crippen molar-refractivity contribution in [3.63, 3.8) is 0 Å². The van der Waals surface area contributed by atoms with Gasteiger partial charge in [0.1, 0.15) is 0 Å². The van der Waals surface area contributed by atoms with E-state index in [1.165, 1.54) is 0 Å². The summed E-state index contributed by atoms with van der Waals surface area (Å²) >= 11 is 0. The van der Waals surface area contributed by atoms with Gasteiger partial charge in [-0.25, -0.2) is 4.79 Å². The molecule has 0 aromatic carbocycles. The van der Waals surface area contributed by atoms with Crippen LogP contribution >= 0.6 is 0 Å². The number of aliphatic carboxylic acids is 1. The highest BCUT2D eigenvalue weighted by Gasteiger charge is 2.19. The third-order valence-electron chi connectivity index (χ3n) is 3.08. The van der Waals surface area contributed by atoms with Crippen molar-refractivity contribution in [1.82, 2.24) is 9.80 Å². The van der Waals surface area contributed by atoms with E-state index in [4.69, 9.17) is 5.11 Å². The number of nitrogens with zero attached hydrogens (tertiary/aromatic N) is 2. The van der Waals surface area contributed by atoms with Gasteiger partial charge in [-0.2, -0.15) is 0 Å². The van der Waals surface area contributed by atoms with Crippen LogP contribution in [0, 0.1) is 0 Å². The molecule has 0 aromatic heterocycles. The lowest BCUT2D eigenvalue weighted by molar-refractivity contribution is -0.137. The first-order chi connectivity index (χ1) is 9.06. The van der Waals surface area contributed by atoms with Crippen LogP contribution in [0.5, 0.6) is 0 Å². The molecule has 112 valence electrons. The predicted octanol–water partition coefficient (Wildman–Crippen LogP) is 2.81. The van der Waals surface area contributed by atoms with Gasteiger partial charge >= 0.3 is 12.0 Å². The summed E-state index contributed by atoms with van der Waals surface area (Å²) < 4.78 is 0. The quantitative estimate of drug-likeness (QED) is 0.665. The maximum atomic E-state index is 12.4. The normalized spacial score (nSPS) is 10.3. The van der Waals surface area contributed by atoms with Crippen LogP contribution in [0.2, 0.25) is 0 Å². The lowest BCUT2D eigenvalue weighted by Gasteiger charge is -2.29. The summed E-state index contributed by atoms with van der Waals surface area (Å²) in [5.41, 5.74) is 0. The fourth-order valence-electron chi connectivity index (χ4n) is 1.82. The number of urea groups is 1. The number of rotatable bonds is 10. The van der Waals surface area contributed by atoms with Crippen LogP contribution in [0.25, 0.3) is 0 Å². The summed E-state index contributed by atoms with van der Waals surface area (Å²) in [7, 11) is 0. The zero-order valence-corrected chi connectivity index (χ0v) is 12.5. The minimum absolute atomic E-state index is 0.00890. The third kappa shape index (κ3) is 7.70. The van der Waals surface area contributed by atoms with E-state index in [9.17, 15) is 9.59 Å². The summed E-state index contributed by atoms with van der Waals surface area (Å²) in [6.07, 6.45) is 4.10. The molecule has 0 saturated heterocycles. The molecule has 0 bridgehead atoms. The number of amides is 2. The molecule has 1 N–H and O–H groups in total. The highest BCUT2D eigenvalue weighted by atomic mass is 16.4. The van der Waals surface area contributed by atoms with Gasteiger partial charge < -0.3 is 14.9 Å². The van der Waals surface area contributed by atoms with Crippen molar-refractivity contribution in [3.8, 4) is 0 Å². The van der Waals surface area contributed by atoms with E-state index in [1.807, 2.05) is 11.8 Å². The highest BCUT2D eigenvalue weighted by molar-refractivity contribution is 5.75. The van der Waals surface area contributed by atoms with Crippen molar-refractivity contribution in [2.75, 3.05) is 26.2 Å². The highest BCUT2D eigenvalue weighted by Crippen LogP contribution is 2.05. The molecule has 0 rings (SSSR count). The second-order valence-electron chi connectivity index (χ2n) is 4.70. The van der Waals surface area contributed by atoms with E-state index in [2.05, 4.69) is 13.8 Å². The van der Waals surface area contributed by atoms with Crippen LogP contribution < -0.4 is 0 Å². The molecular formula is C14H28N2O3. The van der Waals surface area contributed by atoms with Gasteiger partial charge in [-0.05, 0) is 19.8 Å². The predicted molar refractivity (Wildman–Crippen MR) is 76.3 cm³/mol. The van der Waals surface area contributed by atoms with Gasteiger partial charge in [0, 0.05) is 26.2 Å². The molecule has 0 radical (unpaired) electrons. The Labute approximate surface area is 116 Å². The van der Waals surface area contributed by atoms with Crippen LogP contribution in [0.4, 0.5) is 4.79 Å². The zero-order chi connectivity index (χ0) is 14.7. The van der Waals surface area contributed by atoms with E-state index in [0.29, 0.717) is 13.1 Å². The van der Waals surface area contributed by atoms with Crippen LogP contribution in [-0.4, -0.2) is 53.1 Å². The van der Waals surface area contributed by atoms with Gasteiger partial charge in [0.2, 0.25) is 0 Å². The van der Waals surface area contributed by atoms with E-state index in [-0.39, 0.29) is 12.5 Å². The van der Waals surface area contributed by atoms with Gasteiger partial charge in [-0.15, -0.1) is 0 Å². The Kier molecular flexibility index (Phi) is 9.94. The average molecular weight is 272 g/mol. The van der Waals surface area contributed by atoms with E-state index >= 15 is 0 Å². The number of unbranched alkanes of at least 4 members (excludes halogenated alkanes) is 2. The van der Waals surface area contributed by atoms with E-state index in [1.54, 1.807) is 4.90 Å². The molecule has 0 atom stereocenters. The average Bonchev–Trinajstić information content (AvgIpc) is 2.39. The number of carbonyl (C=O) groups is 2. The van der Waals surface area contributed by atoms with E-state index < -0.39 is 5.97 Å². The Bertz CT molecular complexity index is 261. The van der Waals surface area contributed by atoms with Crippen molar-refractivity contribution >= 4 is 12.0 Å². The van der Waals surface area contributed by atoms with Crippen LogP contribution in [0.15, 0.2) is 0 Å². The first-order valence-electron chi connectivity index (χ1n) is 7.32. The molecule has 0 aliphatic rings. The molecule has 5 heteroatoms. The van der Waals surface area contributed by atoms with Gasteiger partial charge in [-0.1, -0.05) is 26.7 Å².